The lowest BCUT2D eigenvalue weighted by atomic mass is 10.0. The fraction of sp³-hybridized carbons (Fsp3) is 0.776. The highest BCUT2D eigenvalue weighted by atomic mass is 16.6. The van der Waals surface area contributed by atoms with Crippen LogP contribution < -0.4 is 0 Å². The molecule has 0 aliphatic carbocycles. The van der Waals surface area contributed by atoms with Gasteiger partial charge in [-0.15, -0.1) is 0 Å². The van der Waals surface area contributed by atoms with Gasteiger partial charge >= 0.3 is 17.9 Å². The predicted octanol–water partition coefficient (Wildman–Crippen LogP) is 14.8. The van der Waals surface area contributed by atoms with Gasteiger partial charge in [-0.1, -0.05) is 217 Å². The molecule has 0 radical (unpaired) electrons. The number of ether oxygens (including phenoxy) is 3. The molecule has 0 aliphatic heterocycles. The molecule has 0 rings (SSSR count). The average molecular weight is 771 g/mol. The van der Waals surface area contributed by atoms with Crippen molar-refractivity contribution in [2.24, 2.45) is 0 Å². The molecule has 6 nitrogen and oxygen atoms in total. The number of hydrogen-bond donors (Lipinski definition) is 0. The van der Waals surface area contributed by atoms with Gasteiger partial charge in [0.1, 0.15) is 13.2 Å². The third-order valence-corrected chi connectivity index (χ3v) is 9.94. The lowest BCUT2D eigenvalue weighted by molar-refractivity contribution is -0.167. The van der Waals surface area contributed by atoms with Gasteiger partial charge in [0.25, 0.3) is 0 Å². The maximum atomic E-state index is 12.7. The quantitative estimate of drug-likeness (QED) is 0.0267. The summed E-state index contributed by atoms with van der Waals surface area (Å²) >= 11 is 0. The van der Waals surface area contributed by atoms with E-state index in [4.69, 9.17) is 14.2 Å². The fourth-order valence-electron chi connectivity index (χ4n) is 6.45. The summed E-state index contributed by atoms with van der Waals surface area (Å²) in [5, 5.41) is 0. The van der Waals surface area contributed by atoms with Crippen molar-refractivity contribution < 1.29 is 28.6 Å². The van der Waals surface area contributed by atoms with E-state index in [0.717, 1.165) is 70.6 Å². The van der Waals surface area contributed by atoms with Gasteiger partial charge < -0.3 is 14.2 Å². The van der Waals surface area contributed by atoms with Gasteiger partial charge in [0.2, 0.25) is 0 Å². The molecule has 0 heterocycles. The molecule has 0 aliphatic rings. The first-order valence-corrected chi connectivity index (χ1v) is 23.2. The van der Waals surface area contributed by atoms with E-state index in [2.05, 4.69) is 32.9 Å². The zero-order chi connectivity index (χ0) is 40.1. The second-order valence-corrected chi connectivity index (χ2v) is 15.4. The lowest BCUT2D eigenvalue weighted by Gasteiger charge is -2.18. The first-order chi connectivity index (χ1) is 27.0. The zero-order valence-electron chi connectivity index (χ0n) is 36.2. The molecule has 55 heavy (non-hydrogen) atoms. The Kier molecular flexibility index (Phi) is 42.0. The van der Waals surface area contributed by atoms with E-state index in [1.807, 2.05) is 36.5 Å². The molecule has 0 spiro atoms. The Bertz CT molecular complexity index is 980. The van der Waals surface area contributed by atoms with Crippen molar-refractivity contribution in [1.82, 2.24) is 0 Å². The van der Waals surface area contributed by atoms with Crippen molar-refractivity contribution in [3.8, 4) is 0 Å². The monoisotopic (exact) mass is 771 g/mol. The molecule has 0 saturated heterocycles. The molecule has 6 heteroatoms. The summed E-state index contributed by atoms with van der Waals surface area (Å²) in [4.78, 5) is 37.7. The number of carbonyl (C=O) groups excluding carboxylic acids is 3. The largest absolute Gasteiger partial charge is 0.462 e. The molecule has 1 unspecified atom stereocenters. The molecule has 0 amide bonds. The molecular weight excluding hydrogens is 685 g/mol. The standard InChI is InChI=1S/C49H86O6/c1-4-7-10-13-16-19-22-24-26-27-30-33-36-39-42-48(51)54-45-46(44-53-47(50)41-38-35-32-29-21-18-15-12-9-6-3)55-49(52)43-40-37-34-31-28-25-23-20-17-14-11-8-5-2/h8,11,14,17,20,23,25,28,46H,4-7,9-10,12-13,15-16,18-19,21-22,24,26-27,29-45H2,1-3H3/b11-8-,17-14-,23-20-,28-25-. The summed E-state index contributed by atoms with van der Waals surface area (Å²) in [6, 6.07) is 0. The normalized spacial score (nSPS) is 12.4. The van der Waals surface area contributed by atoms with E-state index in [1.165, 1.54) is 116 Å². The predicted molar refractivity (Wildman–Crippen MR) is 233 cm³/mol. The molecule has 318 valence electrons. The molecule has 0 aromatic carbocycles. The summed E-state index contributed by atoms with van der Waals surface area (Å²) in [6.07, 6.45) is 50.9. The van der Waals surface area contributed by atoms with E-state index in [1.54, 1.807) is 0 Å². The van der Waals surface area contributed by atoms with Crippen molar-refractivity contribution in [3.05, 3.63) is 48.6 Å². The van der Waals surface area contributed by atoms with Crippen LogP contribution in [0.2, 0.25) is 0 Å². The number of esters is 3. The third-order valence-electron chi connectivity index (χ3n) is 9.94. The maximum Gasteiger partial charge on any atom is 0.306 e. The van der Waals surface area contributed by atoms with Crippen LogP contribution in [0.1, 0.15) is 226 Å². The minimum atomic E-state index is -0.786. The summed E-state index contributed by atoms with van der Waals surface area (Å²) < 4.78 is 16.7. The van der Waals surface area contributed by atoms with Gasteiger partial charge in [-0.2, -0.15) is 0 Å². The Morgan fingerprint density at radius 2 is 0.709 bits per heavy atom. The van der Waals surface area contributed by atoms with Gasteiger partial charge in [-0.25, -0.2) is 0 Å². The van der Waals surface area contributed by atoms with Crippen molar-refractivity contribution >= 4 is 17.9 Å². The van der Waals surface area contributed by atoms with E-state index < -0.39 is 6.10 Å². The second-order valence-electron chi connectivity index (χ2n) is 15.4. The fourth-order valence-corrected chi connectivity index (χ4v) is 6.45. The van der Waals surface area contributed by atoms with E-state index >= 15 is 0 Å². The number of allylic oxidation sites excluding steroid dienone is 8. The topological polar surface area (TPSA) is 78.9 Å². The van der Waals surface area contributed by atoms with Gasteiger partial charge in [-0.05, 0) is 38.5 Å². The van der Waals surface area contributed by atoms with Crippen molar-refractivity contribution in [3.63, 3.8) is 0 Å². The van der Waals surface area contributed by atoms with E-state index in [-0.39, 0.29) is 37.5 Å². The van der Waals surface area contributed by atoms with Crippen LogP contribution in [-0.4, -0.2) is 37.2 Å². The van der Waals surface area contributed by atoms with Gasteiger partial charge in [0.15, 0.2) is 6.10 Å². The Balaban J connectivity index is 4.41. The SMILES string of the molecule is CC\C=C/C=C\C=C/C=C\CCCCCC(=O)OC(COC(=O)CCCCCCCCCCCC)COC(=O)CCCCCCCCCCCCCCCC. The summed E-state index contributed by atoms with van der Waals surface area (Å²) in [7, 11) is 0. The maximum absolute atomic E-state index is 12.7. The van der Waals surface area contributed by atoms with Crippen molar-refractivity contribution in [1.29, 1.82) is 0 Å². The first kappa shape index (κ1) is 52.4. The number of rotatable bonds is 41. The van der Waals surface area contributed by atoms with Crippen LogP contribution >= 0.6 is 0 Å². The molecule has 0 saturated carbocycles. The minimum Gasteiger partial charge on any atom is -0.462 e. The first-order valence-electron chi connectivity index (χ1n) is 23.2. The van der Waals surface area contributed by atoms with Gasteiger partial charge in [0, 0.05) is 19.3 Å². The van der Waals surface area contributed by atoms with Crippen LogP contribution in [0.15, 0.2) is 48.6 Å². The molecule has 0 fully saturated rings. The second kappa shape index (κ2) is 44.1. The number of unbranched alkanes of at least 4 members (excludes halogenated alkanes) is 25. The van der Waals surface area contributed by atoms with Crippen LogP contribution in [0.5, 0.6) is 0 Å². The van der Waals surface area contributed by atoms with Crippen LogP contribution in [0.3, 0.4) is 0 Å². The van der Waals surface area contributed by atoms with E-state index in [9.17, 15) is 14.4 Å². The Hall–Kier alpha value is -2.63. The lowest BCUT2D eigenvalue weighted by Crippen LogP contribution is -2.30. The highest BCUT2D eigenvalue weighted by Crippen LogP contribution is 2.15. The highest BCUT2D eigenvalue weighted by molar-refractivity contribution is 5.71. The summed E-state index contributed by atoms with van der Waals surface area (Å²) in [5.41, 5.74) is 0. The molecule has 0 aromatic heterocycles. The summed E-state index contributed by atoms with van der Waals surface area (Å²) in [5.74, 6) is -0.924. The molecule has 0 N–H and O–H groups in total. The highest BCUT2D eigenvalue weighted by Gasteiger charge is 2.19. The molecule has 0 aromatic rings. The number of hydrogen-bond acceptors (Lipinski definition) is 6. The van der Waals surface area contributed by atoms with Crippen LogP contribution in [0.25, 0.3) is 0 Å². The Morgan fingerprint density at radius 1 is 0.382 bits per heavy atom. The zero-order valence-corrected chi connectivity index (χ0v) is 36.2. The van der Waals surface area contributed by atoms with Gasteiger partial charge in [-0.3, -0.25) is 14.4 Å². The molecule has 0 bridgehead atoms. The number of carbonyl (C=O) groups is 3. The third kappa shape index (κ3) is 42.4. The Morgan fingerprint density at radius 3 is 1.11 bits per heavy atom. The van der Waals surface area contributed by atoms with Crippen LogP contribution in [0, 0.1) is 0 Å². The van der Waals surface area contributed by atoms with Crippen LogP contribution in [-0.2, 0) is 28.6 Å². The summed E-state index contributed by atoms with van der Waals surface area (Å²) in [6.45, 7) is 6.45. The van der Waals surface area contributed by atoms with Crippen molar-refractivity contribution in [2.75, 3.05) is 13.2 Å². The smallest absolute Gasteiger partial charge is 0.306 e. The van der Waals surface area contributed by atoms with Crippen molar-refractivity contribution in [2.45, 2.75) is 232 Å². The van der Waals surface area contributed by atoms with Crippen LogP contribution in [0.4, 0.5) is 0 Å². The average Bonchev–Trinajstić information content (AvgIpc) is 3.18. The Labute approximate surface area is 339 Å². The van der Waals surface area contributed by atoms with E-state index in [0.29, 0.717) is 12.8 Å². The molecular formula is C49H86O6. The van der Waals surface area contributed by atoms with Gasteiger partial charge in [0.05, 0.1) is 0 Å². The molecule has 1 atom stereocenters. The minimum absolute atomic E-state index is 0.0862.